The molecule has 0 atom stereocenters. The van der Waals surface area contributed by atoms with Crippen LogP contribution in [0.4, 0.5) is 0 Å². The predicted molar refractivity (Wildman–Crippen MR) is 84.1 cm³/mol. The molecule has 1 aromatic carbocycles. The fraction of sp³-hybridized carbons (Fsp3) is 0.529. The zero-order valence-electron chi connectivity index (χ0n) is 13.1. The first-order chi connectivity index (χ1) is 10.1. The van der Waals surface area contributed by atoms with E-state index in [0.29, 0.717) is 18.9 Å². The zero-order valence-corrected chi connectivity index (χ0v) is 13.1. The SMILES string of the molecule is Cc1nc2ccccc2n1CCCOC(=O)CCC(C)C. The monoisotopic (exact) mass is 288 g/mol. The molecule has 0 saturated heterocycles. The van der Waals surface area contributed by atoms with Crippen LogP contribution in [0.25, 0.3) is 11.0 Å². The van der Waals surface area contributed by atoms with Crippen molar-refractivity contribution in [3.63, 3.8) is 0 Å². The van der Waals surface area contributed by atoms with Crippen molar-refractivity contribution in [2.45, 2.75) is 46.6 Å². The van der Waals surface area contributed by atoms with Crippen molar-refractivity contribution in [2.24, 2.45) is 5.92 Å². The lowest BCUT2D eigenvalue weighted by atomic mass is 10.1. The van der Waals surface area contributed by atoms with E-state index in [1.54, 1.807) is 0 Å². The number of rotatable bonds is 7. The molecular weight excluding hydrogens is 264 g/mol. The van der Waals surface area contributed by atoms with Crippen molar-refractivity contribution in [1.29, 1.82) is 0 Å². The predicted octanol–water partition coefficient (Wildman–Crippen LogP) is 3.71. The summed E-state index contributed by atoms with van der Waals surface area (Å²) >= 11 is 0. The molecule has 2 rings (SSSR count). The largest absolute Gasteiger partial charge is 0.466 e. The van der Waals surface area contributed by atoms with Gasteiger partial charge in [0.1, 0.15) is 5.82 Å². The molecule has 4 nitrogen and oxygen atoms in total. The summed E-state index contributed by atoms with van der Waals surface area (Å²) in [7, 11) is 0. The fourth-order valence-electron chi connectivity index (χ4n) is 2.37. The second kappa shape index (κ2) is 7.25. The Bertz CT molecular complexity index is 602. The maximum absolute atomic E-state index is 11.5. The Morgan fingerprint density at radius 3 is 2.86 bits per heavy atom. The van der Waals surface area contributed by atoms with E-state index in [1.807, 2.05) is 25.1 Å². The number of ether oxygens (including phenoxy) is 1. The normalized spacial score (nSPS) is 11.2. The van der Waals surface area contributed by atoms with Crippen LogP contribution in [0.15, 0.2) is 24.3 Å². The van der Waals surface area contributed by atoms with Gasteiger partial charge in [0.05, 0.1) is 17.6 Å². The maximum atomic E-state index is 11.5. The molecule has 0 unspecified atom stereocenters. The van der Waals surface area contributed by atoms with Crippen LogP contribution in [-0.4, -0.2) is 22.1 Å². The number of nitrogens with zero attached hydrogens (tertiary/aromatic N) is 2. The number of aromatic nitrogens is 2. The fourth-order valence-corrected chi connectivity index (χ4v) is 2.37. The number of benzene rings is 1. The first kappa shape index (κ1) is 15.5. The Balaban J connectivity index is 1.80. The van der Waals surface area contributed by atoms with Crippen LogP contribution in [0.1, 0.15) is 38.9 Å². The van der Waals surface area contributed by atoms with E-state index < -0.39 is 0 Å². The number of esters is 1. The molecule has 0 aliphatic rings. The van der Waals surface area contributed by atoms with Crippen LogP contribution < -0.4 is 0 Å². The molecule has 0 amide bonds. The smallest absolute Gasteiger partial charge is 0.305 e. The van der Waals surface area contributed by atoms with E-state index in [9.17, 15) is 4.79 Å². The van der Waals surface area contributed by atoms with Crippen LogP contribution in [0.5, 0.6) is 0 Å². The molecule has 114 valence electrons. The number of carbonyl (C=O) groups is 1. The Kier molecular flexibility index (Phi) is 5.37. The van der Waals surface area contributed by atoms with Crippen molar-refractivity contribution < 1.29 is 9.53 Å². The van der Waals surface area contributed by atoms with Gasteiger partial charge in [-0.2, -0.15) is 0 Å². The van der Waals surface area contributed by atoms with Gasteiger partial charge >= 0.3 is 5.97 Å². The lowest BCUT2D eigenvalue weighted by Crippen LogP contribution is -2.09. The number of para-hydroxylation sites is 2. The van der Waals surface area contributed by atoms with Crippen molar-refractivity contribution in [3.05, 3.63) is 30.1 Å². The molecule has 0 aliphatic carbocycles. The van der Waals surface area contributed by atoms with Crippen molar-refractivity contribution >= 4 is 17.0 Å². The Labute approximate surface area is 126 Å². The lowest BCUT2D eigenvalue weighted by molar-refractivity contribution is -0.144. The van der Waals surface area contributed by atoms with Gasteiger partial charge in [0.15, 0.2) is 0 Å². The van der Waals surface area contributed by atoms with Gasteiger partial charge in [0.2, 0.25) is 0 Å². The van der Waals surface area contributed by atoms with E-state index >= 15 is 0 Å². The number of carbonyl (C=O) groups excluding carboxylic acids is 1. The zero-order chi connectivity index (χ0) is 15.2. The van der Waals surface area contributed by atoms with E-state index in [0.717, 1.165) is 36.2 Å². The average Bonchev–Trinajstić information content (AvgIpc) is 2.77. The molecule has 0 spiro atoms. The molecule has 2 aromatic rings. The molecule has 0 saturated carbocycles. The minimum atomic E-state index is -0.0871. The first-order valence-corrected chi connectivity index (χ1v) is 7.65. The summed E-state index contributed by atoms with van der Waals surface area (Å²) in [6.07, 6.45) is 2.23. The van der Waals surface area contributed by atoms with Gasteiger partial charge < -0.3 is 9.30 Å². The molecular formula is C17H24N2O2. The minimum Gasteiger partial charge on any atom is -0.466 e. The molecule has 4 heteroatoms. The summed E-state index contributed by atoms with van der Waals surface area (Å²) in [6, 6.07) is 8.11. The van der Waals surface area contributed by atoms with Crippen LogP contribution in [-0.2, 0) is 16.1 Å². The highest BCUT2D eigenvalue weighted by Crippen LogP contribution is 2.15. The van der Waals surface area contributed by atoms with E-state index in [4.69, 9.17) is 4.74 Å². The molecule has 0 bridgehead atoms. The van der Waals surface area contributed by atoms with Gasteiger partial charge in [-0.3, -0.25) is 4.79 Å². The number of aryl methyl sites for hydroxylation is 2. The number of hydrogen-bond donors (Lipinski definition) is 0. The van der Waals surface area contributed by atoms with Gasteiger partial charge in [-0.25, -0.2) is 4.98 Å². The molecule has 0 aliphatic heterocycles. The molecule has 1 aromatic heterocycles. The van der Waals surface area contributed by atoms with E-state index in [1.165, 1.54) is 0 Å². The van der Waals surface area contributed by atoms with Gasteiger partial charge in [-0.05, 0) is 37.8 Å². The van der Waals surface area contributed by atoms with Crippen LogP contribution >= 0.6 is 0 Å². The molecule has 1 heterocycles. The second-order valence-corrected chi connectivity index (χ2v) is 5.81. The number of fused-ring (bicyclic) bond motifs is 1. The first-order valence-electron chi connectivity index (χ1n) is 7.65. The van der Waals surface area contributed by atoms with Gasteiger partial charge in [0, 0.05) is 13.0 Å². The summed E-state index contributed by atoms with van der Waals surface area (Å²) in [4.78, 5) is 16.1. The molecule has 0 radical (unpaired) electrons. The summed E-state index contributed by atoms with van der Waals surface area (Å²) in [5.41, 5.74) is 2.16. The van der Waals surface area contributed by atoms with Gasteiger partial charge in [0.25, 0.3) is 0 Å². The molecule has 0 N–H and O–H groups in total. The lowest BCUT2D eigenvalue weighted by Gasteiger charge is -2.08. The minimum absolute atomic E-state index is 0.0871. The van der Waals surface area contributed by atoms with Crippen molar-refractivity contribution in [2.75, 3.05) is 6.61 Å². The van der Waals surface area contributed by atoms with Crippen molar-refractivity contribution in [1.82, 2.24) is 9.55 Å². The summed E-state index contributed by atoms with van der Waals surface area (Å²) < 4.78 is 7.45. The third kappa shape index (κ3) is 4.31. The van der Waals surface area contributed by atoms with Crippen LogP contribution in [0.3, 0.4) is 0 Å². The van der Waals surface area contributed by atoms with Crippen molar-refractivity contribution in [3.8, 4) is 0 Å². The highest BCUT2D eigenvalue weighted by atomic mass is 16.5. The highest BCUT2D eigenvalue weighted by molar-refractivity contribution is 5.75. The van der Waals surface area contributed by atoms with Crippen LogP contribution in [0.2, 0.25) is 0 Å². The van der Waals surface area contributed by atoms with Gasteiger partial charge in [-0.15, -0.1) is 0 Å². The molecule has 21 heavy (non-hydrogen) atoms. The van der Waals surface area contributed by atoms with E-state index in [2.05, 4.69) is 29.5 Å². The van der Waals surface area contributed by atoms with Crippen LogP contribution in [0, 0.1) is 12.8 Å². The molecule has 0 fully saturated rings. The Morgan fingerprint density at radius 2 is 2.10 bits per heavy atom. The summed E-state index contributed by atoms with van der Waals surface area (Å²) in [5.74, 6) is 1.45. The number of hydrogen-bond acceptors (Lipinski definition) is 3. The number of imidazole rings is 1. The standard InChI is InChI=1S/C17H24N2O2/c1-13(2)9-10-17(20)21-12-6-11-19-14(3)18-15-7-4-5-8-16(15)19/h4-5,7-8,13H,6,9-12H2,1-3H3. The second-order valence-electron chi connectivity index (χ2n) is 5.81. The maximum Gasteiger partial charge on any atom is 0.305 e. The third-order valence-corrected chi connectivity index (χ3v) is 3.56. The quantitative estimate of drug-likeness (QED) is 0.576. The van der Waals surface area contributed by atoms with Gasteiger partial charge in [-0.1, -0.05) is 26.0 Å². The van der Waals surface area contributed by atoms with E-state index in [-0.39, 0.29) is 5.97 Å². The third-order valence-electron chi connectivity index (χ3n) is 3.56. The summed E-state index contributed by atoms with van der Waals surface area (Å²) in [5, 5.41) is 0. The topological polar surface area (TPSA) is 44.1 Å². The highest BCUT2D eigenvalue weighted by Gasteiger charge is 2.07. The Hall–Kier alpha value is -1.84. The average molecular weight is 288 g/mol. The summed E-state index contributed by atoms with van der Waals surface area (Å²) in [6.45, 7) is 7.53. The Morgan fingerprint density at radius 1 is 1.33 bits per heavy atom.